The van der Waals surface area contributed by atoms with Crippen LogP contribution in [0.5, 0.6) is 0 Å². The summed E-state index contributed by atoms with van der Waals surface area (Å²) in [5.74, 6) is 0. The summed E-state index contributed by atoms with van der Waals surface area (Å²) in [6.07, 6.45) is 22.3. The van der Waals surface area contributed by atoms with Crippen LogP contribution in [-0.4, -0.2) is 11.2 Å². The summed E-state index contributed by atoms with van der Waals surface area (Å²) in [6.45, 7) is 4.53. The smallest absolute Gasteiger partial charge is 0.0540 e. The molecule has 0 aliphatic rings. The maximum atomic E-state index is 9.95. The molecule has 21 heavy (non-hydrogen) atoms. The van der Waals surface area contributed by atoms with Crippen molar-refractivity contribution in [2.24, 2.45) is 0 Å². The topological polar surface area (TPSA) is 20.2 Å². The second-order valence-electron chi connectivity index (χ2n) is 6.83. The van der Waals surface area contributed by atoms with Crippen LogP contribution in [0, 0.1) is 0 Å². The fourth-order valence-corrected chi connectivity index (χ4v) is 3.00. The normalized spacial score (nSPS) is 12.7. The molecule has 1 N–H and O–H groups in total. The first kappa shape index (κ1) is 21.0. The Morgan fingerprint density at radius 3 is 1.10 bits per heavy atom. The molecule has 0 aliphatic heterocycles. The average molecular weight is 299 g/mol. The van der Waals surface area contributed by atoms with E-state index in [0.29, 0.717) is 0 Å². The molecule has 0 bridgehead atoms. The highest BCUT2D eigenvalue weighted by Crippen LogP contribution is 2.14. The molecule has 0 radical (unpaired) electrons. The van der Waals surface area contributed by atoms with Gasteiger partial charge in [-0.25, -0.2) is 0 Å². The van der Waals surface area contributed by atoms with Crippen molar-refractivity contribution in [3.63, 3.8) is 0 Å². The van der Waals surface area contributed by atoms with Crippen molar-refractivity contribution in [3.8, 4) is 0 Å². The molecular formula is C20H42O. The third-order valence-corrected chi connectivity index (χ3v) is 4.53. The predicted molar refractivity (Wildman–Crippen MR) is 95.8 cm³/mol. The highest BCUT2D eigenvalue weighted by Gasteiger charge is 2.03. The summed E-state index contributed by atoms with van der Waals surface area (Å²) in [7, 11) is 0. The van der Waals surface area contributed by atoms with E-state index in [4.69, 9.17) is 0 Å². The standard InChI is InChI=1S/C20H42O/c1-3-5-7-9-11-12-13-15-17-19-20(21)18-16-14-10-8-6-4-2/h20-21H,3-19H2,1-2H3/t20-/m0/s1. The fraction of sp³-hybridized carbons (Fsp3) is 1.00. The van der Waals surface area contributed by atoms with E-state index in [1.54, 1.807) is 0 Å². The maximum absolute atomic E-state index is 9.95. The zero-order valence-corrected chi connectivity index (χ0v) is 15.0. The Balaban J connectivity index is 3.10. The molecule has 0 rings (SSSR count). The monoisotopic (exact) mass is 298 g/mol. The van der Waals surface area contributed by atoms with Gasteiger partial charge in [0.2, 0.25) is 0 Å². The molecule has 0 aromatic carbocycles. The lowest BCUT2D eigenvalue weighted by Gasteiger charge is -2.10. The Labute approximate surface area is 134 Å². The Morgan fingerprint density at radius 1 is 0.476 bits per heavy atom. The summed E-state index contributed by atoms with van der Waals surface area (Å²) < 4.78 is 0. The van der Waals surface area contributed by atoms with Crippen LogP contribution in [0.1, 0.15) is 123 Å². The molecule has 0 heterocycles. The Bertz CT molecular complexity index is 179. The van der Waals surface area contributed by atoms with Crippen LogP contribution in [0.15, 0.2) is 0 Å². The van der Waals surface area contributed by atoms with E-state index < -0.39 is 0 Å². The minimum absolute atomic E-state index is 0.0271. The van der Waals surface area contributed by atoms with Crippen LogP contribution in [0.3, 0.4) is 0 Å². The Kier molecular flexibility index (Phi) is 18.0. The summed E-state index contributed by atoms with van der Waals surface area (Å²) in [5, 5.41) is 9.95. The van der Waals surface area contributed by atoms with Gasteiger partial charge in [-0.1, -0.05) is 110 Å². The largest absolute Gasteiger partial charge is 0.393 e. The summed E-state index contributed by atoms with van der Waals surface area (Å²) >= 11 is 0. The van der Waals surface area contributed by atoms with Gasteiger partial charge in [-0.05, 0) is 12.8 Å². The molecule has 0 unspecified atom stereocenters. The lowest BCUT2D eigenvalue weighted by atomic mass is 10.0. The summed E-state index contributed by atoms with van der Waals surface area (Å²) in [5.41, 5.74) is 0. The molecule has 0 aliphatic carbocycles. The van der Waals surface area contributed by atoms with Gasteiger partial charge >= 0.3 is 0 Å². The highest BCUT2D eigenvalue weighted by atomic mass is 16.3. The first-order chi connectivity index (χ1) is 10.3. The minimum atomic E-state index is -0.0271. The van der Waals surface area contributed by atoms with Crippen molar-refractivity contribution < 1.29 is 5.11 Å². The van der Waals surface area contributed by atoms with Gasteiger partial charge in [0.15, 0.2) is 0 Å². The van der Waals surface area contributed by atoms with E-state index in [9.17, 15) is 5.11 Å². The maximum Gasteiger partial charge on any atom is 0.0540 e. The Hall–Kier alpha value is -0.0400. The molecule has 0 fully saturated rings. The first-order valence-corrected chi connectivity index (χ1v) is 9.99. The number of hydrogen-bond donors (Lipinski definition) is 1. The number of unbranched alkanes of at least 4 members (excludes halogenated alkanes) is 13. The van der Waals surface area contributed by atoms with Gasteiger partial charge in [-0.2, -0.15) is 0 Å². The molecule has 0 amide bonds. The summed E-state index contributed by atoms with van der Waals surface area (Å²) in [6, 6.07) is 0. The molecule has 1 heteroatoms. The molecule has 1 nitrogen and oxygen atoms in total. The molecule has 1 atom stereocenters. The number of rotatable bonds is 17. The van der Waals surface area contributed by atoms with E-state index in [-0.39, 0.29) is 6.10 Å². The number of aliphatic hydroxyl groups is 1. The molecule has 128 valence electrons. The van der Waals surface area contributed by atoms with Crippen molar-refractivity contribution in [2.75, 3.05) is 0 Å². The average Bonchev–Trinajstić information content (AvgIpc) is 2.49. The fourth-order valence-electron chi connectivity index (χ4n) is 3.00. The number of hydrogen-bond acceptors (Lipinski definition) is 1. The minimum Gasteiger partial charge on any atom is -0.393 e. The van der Waals surface area contributed by atoms with Crippen LogP contribution in [0.2, 0.25) is 0 Å². The zero-order valence-electron chi connectivity index (χ0n) is 15.0. The highest BCUT2D eigenvalue weighted by molar-refractivity contribution is 4.57. The van der Waals surface area contributed by atoms with Crippen LogP contribution >= 0.6 is 0 Å². The second-order valence-corrected chi connectivity index (χ2v) is 6.83. The quantitative estimate of drug-likeness (QED) is 0.286. The van der Waals surface area contributed by atoms with E-state index in [1.165, 1.54) is 96.3 Å². The Morgan fingerprint density at radius 2 is 0.762 bits per heavy atom. The molecule has 0 spiro atoms. The van der Waals surface area contributed by atoms with Crippen molar-refractivity contribution >= 4 is 0 Å². The third kappa shape index (κ3) is 17.9. The second kappa shape index (κ2) is 18.0. The van der Waals surface area contributed by atoms with Gasteiger partial charge in [0.05, 0.1) is 6.10 Å². The van der Waals surface area contributed by atoms with E-state index >= 15 is 0 Å². The van der Waals surface area contributed by atoms with Gasteiger partial charge < -0.3 is 5.11 Å². The van der Waals surface area contributed by atoms with Gasteiger partial charge in [0.1, 0.15) is 0 Å². The molecular weight excluding hydrogens is 256 g/mol. The van der Waals surface area contributed by atoms with Gasteiger partial charge in [0, 0.05) is 0 Å². The SMILES string of the molecule is CCCCCCCCCCC[C@@H](O)CCCCCCCC. The van der Waals surface area contributed by atoms with E-state index in [2.05, 4.69) is 13.8 Å². The van der Waals surface area contributed by atoms with Crippen molar-refractivity contribution in [1.82, 2.24) is 0 Å². The molecule has 0 saturated heterocycles. The van der Waals surface area contributed by atoms with Crippen LogP contribution in [0.25, 0.3) is 0 Å². The predicted octanol–water partition coefficient (Wildman–Crippen LogP) is 7.02. The summed E-state index contributed by atoms with van der Waals surface area (Å²) in [4.78, 5) is 0. The first-order valence-electron chi connectivity index (χ1n) is 9.99. The molecule has 0 aromatic rings. The van der Waals surface area contributed by atoms with E-state index in [0.717, 1.165) is 12.8 Å². The number of aliphatic hydroxyl groups excluding tert-OH is 1. The molecule has 0 aromatic heterocycles. The van der Waals surface area contributed by atoms with Crippen molar-refractivity contribution in [3.05, 3.63) is 0 Å². The molecule has 0 saturated carbocycles. The third-order valence-electron chi connectivity index (χ3n) is 4.53. The van der Waals surface area contributed by atoms with Gasteiger partial charge in [-0.3, -0.25) is 0 Å². The van der Waals surface area contributed by atoms with Gasteiger partial charge in [0.25, 0.3) is 0 Å². The zero-order chi connectivity index (χ0) is 15.6. The lowest BCUT2D eigenvalue weighted by Crippen LogP contribution is -2.05. The van der Waals surface area contributed by atoms with Crippen LogP contribution in [-0.2, 0) is 0 Å². The van der Waals surface area contributed by atoms with Crippen molar-refractivity contribution in [1.29, 1.82) is 0 Å². The van der Waals surface area contributed by atoms with Crippen molar-refractivity contribution in [2.45, 2.75) is 129 Å². The van der Waals surface area contributed by atoms with Gasteiger partial charge in [-0.15, -0.1) is 0 Å². The van der Waals surface area contributed by atoms with E-state index in [1.807, 2.05) is 0 Å². The van der Waals surface area contributed by atoms with Crippen LogP contribution < -0.4 is 0 Å². The lowest BCUT2D eigenvalue weighted by molar-refractivity contribution is 0.147. The van der Waals surface area contributed by atoms with Crippen LogP contribution in [0.4, 0.5) is 0 Å².